The SMILES string of the molecule is CC1(C)C(=N)N(c2cnc(C#N)c(C(F)(F)F)c2)C(=S=O)N1c1ccc(-c2ccc(O)cc2)cc1. The molecule has 0 amide bonds. The van der Waals surface area contributed by atoms with Crippen LogP contribution in [0.1, 0.15) is 25.1 Å². The lowest BCUT2D eigenvalue weighted by Gasteiger charge is -2.30. The highest BCUT2D eigenvalue weighted by molar-refractivity contribution is 7.67. The van der Waals surface area contributed by atoms with E-state index in [1.54, 1.807) is 55.1 Å². The zero-order valence-electron chi connectivity index (χ0n) is 18.5. The summed E-state index contributed by atoms with van der Waals surface area (Å²) < 4.78 is 52.8. The van der Waals surface area contributed by atoms with E-state index in [-0.39, 0.29) is 33.6 Å². The molecular weight excluding hydrogens is 479 g/mol. The van der Waals surface area contributed by atoms with Crippen LogP contribution in [-0.2, 0) is 17.4 Å². The van der Waals surface area contributed by atoms with Gasteiger partial charge >= 0.3 is 6.18 Å². The first-order valence-electron chi connectivity index (χ1n) is 10.2. The molecule has 2 aromatic carbocycles. The lowest BCUT2D eigenvalue weighted by Crippen LogP contribution is -2.44. The minimum absolute atomic E-state index is 0.0167. The predicted molar refractivity (Wildman–Crippen MR) is 127 cm³/mol. The Balaban J connectivity index is 1.77. The van der Waals surface area contributed by atoms with Gasteiger partial charge in [0.25, 0.3) is 0 Å². The highest BCUT2D eigenvalue weighted by Crippen LogP contribution is 2.39. The number of phenols is 1. The molecule has 178 valence electrons. The molecule has 1 saturated heterocycles. The minimum atomic E-state index is -4.83. The summed E-state index contributed by atoms with van der Waals surface area (Å²) in [6.45, 7) is 3.36. The number of benzene rings is 2. The third-order valence-electron chi connectivity index (χ3n) is 5.69. The van der Waals surface area contributed by atoms with Gasteiger partial charge in [-0.25, -0.2) is 9.19 Å². The van der Waals surface area contributed by atoms with Crippen molar-refractivity contribution in [2.75, 3.05) is 9.80 Å². The molecule has 2 N–H and O–H groups in total. The van der Waals surface area contributed by atoms with E-state index in [1.165, 1.54) is 6.07 Å². The van der Waals surface area contributed by atoms with Crippen LogP contribution in [0.2, 0.25) is 0 Å². The van der Waals surface area contributed by atoms with Crippen LogP contribution in [0, 0.1) is 16.7 Å². The van der Waals surface area contributed by atoms with E-state index in [1.807, 2.05) is 12.1 Å². The third kappa shape index (κ3) is 4.13. The van der Waals surface area contributed by atoms with Crippen molar-refractivity contribution >= 4 is 33.6 Å². The molecule has 35 heavy (non-hydrogen) atoms. The van der Waals surface area contributed by atoms with E-state index in [0.717, 1.165) is 28.3 Å². The average molecular weight is 498 g/mol. The van der Waals surface area contributed by atoms with Crippen LogP contribution in [0.4, 0.5) is 24.5 Å². The number of nitrogens with zero attached hydrogens (tertiary/aromatic N) is 4. The van der Waals surface area contributed by atoms with Gasteiger partial charge in [0.15, 0.2) is 5.69 Å². The number of halogens is 3. The van der Waals surface area contributed by atoms with E-state index in [4.69, 9.17) is 10.7 Å². The fourth-order valence-corrected chi connectivity index (χ4v) is 4.58. The number of aromatic hydroxyl groups is 1. The fourth-order valence-electron chi connectivity index (χ4n) is 3.90. The lowest BCUT2D eigenvalue weighted by molar-refractivity contribution is -0.138. The predicted octanol–water partition coefficient (Wildman–Crippen LogP) is 4.73. The van der Waals surface area contributed by atoms with Crippen molar-refractivity contribution in [2.45, 2.75) is 25.6 Å². The molecule has 0 radical (unpaired) electrons. The third-order valence-corrected chi connectivity index (χ3v) is 6.20. The Morgan fingerprint density at radius 3 is 2.14 bits per heavy atom. The van der Waals surface area contributed by atoms with Gasteiger partial charge in [0.2, 0.25) is 5.11 Å². The molecule has 4 rings (SSSR count). The highest BCUT2D eigenvalue weighted by Gasteiger charge is 2.49. The van der Waals surface area contributed by atoms with Crippen LogP contribution < -0.4 is 9.80 Å². The second kappa shape index (κ2) is 8.56. The van der Waals surface area contributed by atoms with Gasteiger partial charge in [-0.2, -0.15) is 18.4 Å². The number of hydrogen-bond acceptors (Lipinski definition) is 5. The molecule has 3 aromatic rings. The summed E-state index contributed by atoms with van der Waals surface area (Å²) >= 11 is 0.0457. The molecule has 1 aliphatic heterocycles. The van der Waals surface area contributed by atoms with Gasteiger partial charge < -0.3 is 10.0 Å². The molecule has 7 nitrogen and oxygen atoms in total. The van der Waals surface area contributed by atoms with Crippen molar-refractivity contribution in [2.24, 2.45) is 0 Å². The molecule has 1 aromatic heterocycles. The van der Waals surface area contributed by atoms with Gasteiger partial charge in [0.1, 0.15) is 28.9 Å². The van der Waals surface area contributed by atoms with Crippen molar-refractivity contribution < 1.29 is 22.5 Å². The number of alkyl halides is 3. The zero-order valence-corrected chi connectivity index (χ0v) is 19.3. The van der Waals surface area contributed by atoms with Crippen LogP contribution in [0.25, 0.3) is 11.1 Å². The van der Waals surface area contributed by atoms with Gasteiger partial charge in [0.05, 0.1) is 23.0 Å². The first kappa shape index (κ1) is 24.0. The van der Waals surface area contributed by atoms with Crippen LogP contribution >= 0.6 is 0 Å². The van der Waals surface area contributed by atoms with Crippen molar-refractivity contribution in [1.29, 1.82) is 10.7 Å². The maximum atomic E-state index is 13.5. The van der Waals surface area contributed by atoms with E-state index < -0.39 is 23.0 Å². The Morgan fingerprint density at radius 2 is 1.63 bits per heavy atom. The number of hydrogen-bond donors (Lipinski definition) is 2. The van der Waals surface area contributed by atoms with Gasteiger partial charge in [-0.15, -0.1) is 0 Å². The number of rotatable bonds is 3. The van der Waals surface area contributed by atoms with Crippen molar-refractivity contribution in [3.8, 4) is 22.9 Å². The first-order chi connectivity index (χ1) is 16.5. The fraction of sp³-hybridized carbons (Fsp3) is 0.167. The largest absolute Gasteiger partial charge is 0.508 e. The monoisotopic (exact) mass is 497 g/mol. The number of anilines is 2. The highest BCUT2D eigenvalue weighted by atomic mass is 32.1. The summed E-state index contributed by atoms with van der Waals surface area (Å²) in [7, 11) is 0. The van der Waals surface area contributed by atoms with Crippen molar-refractivity contribution in [3.63, 3.8) is 0 Å². The summed E-state index contributed by atoms with van der Waals surface area (Å²) in [4.78, 5) is 6.33. The van der Waals surface area contributed by atoms with E-state index >= 15 is 0 Å². The molecule has 11 heteroatoms. The van der Waals surface area contributed by atoms with Crippen LogP contribution in [0.15, 0.2) is 60.8 Å². The van der Waals surface area contributed by atoms with Gasteiger partial charge in [-0.05, 0) is 55.3 Å². The maximum absolute atomic E-state index is 13.5. The van der Waals surface area contributed by atoms with E-state index in [9.17, 15) is 22.5 Å². The number of nitrogens with one attached hydrogen (secondary N) is 1. The number of pyridine rings is 1. The first-order valence-corrected chi connectivity index (χ1v) is 11.0. The van der Waals surface area contributed by atoms with Gasteiger partial charge in [-0.3, -0.25) is 10.3 Å². The van der Waals surface area contributed by atoms with E-state index in [0.29, 0.717) is 5.69 Å². The lowest BCUT2D eigenvalue weighted by atomic mass is 10.0. The Kier molecular flexibility index (Phi) is 5.86. The number of phenolic OH excluding ortho intramolecular Hbond substituents is 1. The second-order valence-corrected chi connectivity index (χ2v) is 8.77. The molecule has 0 atom stereocenters. The van der Waals surface area contributed by atoms with Crippen molar-refractivity contribution in [3.05, 3.63) is 72.1 Å². The van der Waals surface area contributed by atoms with Crippen LogP contribution in [0.3, 0.4) is 0 Å². The average Bonchev–Trinajstić information content (AvgIpc) is 3.03. The molecule has 1 aliphatic rings. The zero-order chi connectivity index (χ0) is 25.5. The Hall–Kier alpha value is -4.17. The second-order valence-electron chi connectivity index (χ2n) is 8.24. The summed E-state index contributed by atoms with van der Waals surface area (Å²) in [5.41, 5.74) is -0.995. The van der Waals surface area contributed by atoms with Crippen LogP contribution in [-0.4, -0.2) is 30.8 Å². The van der Waals surface area contributed by atoms with Gasteiger partial charge in [-0.1, -0.05) is 24.3 Å². The molecular formula is C24H18F3N5O2S. The molecule has 1 fully saturated rings. The van der Waals surface area contributed by atoms with E-state index in [2.05, 4.69) is 4.98 Å². The summed E-state index contributed by atoms with van der Waals surface area (Å²) in [5, 5.41) is 27.2. The number of nitriles is 1. The number of amidine groups is 1. The molecule has 0 unspecified atom stereocenters. The normalized spacial score (nSPS) is 15.3. The molecule has 2 heterocycles. The molecule has 0 spiro atoms. The molecule has 0 aliphatic carbocycles. The summed E-state index contributed by atoms with van der Waals surface area (Å²) in [5.74, 6) is 0.0126. The molecule has 0 saturated carbocycles. The Morgan fingerprint density at radius 1 is 1.06 bits per heavy atom. The Labute approximate surface area is 202 Å². The van der Waals surface area contributed by atoms with Crippen LogP contribution in [0.5, 0.6) is 5.75 Å². The summed E-state index contributed by atoms with van der Waals surface area (Å²) in [6, 6.07) is 15.9. The standard InChI is InChI=1S/C24H18F3N5O2S/c1-23(2)21(29)31(17-11-19(24(25,26)27)20(12-28)30-13-17)22(35-34)32(23)16-7-3-14(4-8-16)15-5-9-18(33)10-6-15/h3-11,13,29,33H,1-2H3. The van der Waals surface area contributed by atoms with Crippen molar-refractivity contribution in [1.82, 2.24) is 4.98 Å². The topological polar surface area (TPSA) is 104 Å². The maximum Gasteiger partial charge on any atom is 0.419 e. The Bertz CT molecular complexity index is 1410. The summed E-state index contributed by atoms with van der Waals surface area (Å²) in [6.07, 6.45) is -3.79. The van der Waals surface area contributed by atoms with Gasteiger partial charge in [0, 0.05) is 5.69 Å². The quantitative estimate of drug-likeness (QED) is 0.507. The smallest absolute Gasteiger partial charge is 0.419 e. The number of aromatic nitrogens is 1. The minimum Gasteiger partial charge on any atom is -0.508 e. The molecule has 0 bridgehead atoms.